The summed E-state index contributed by atoms with van der Waals surface area (Å²) in [5.74, 6) is 0. The van der Waals surface area contributed by atoms with Gasteiger partial charge in [-0.15, -0.1) is 0 Å². The minimum absolute atomic E-state index is 0.125. The van der Waals surface area contributed by atoms with Crippen molar-refractivity contribution in [1.29, 1.82) is 0 Å². The summed E-state index contributed by atoms with van der Waals surface area (Å²) in [6.45, 7) is 8.81. The quantitative estimate of drug-likeness (QED) is 0.470. The summed E-state index contributed by atoms with van der Waals surface area (Å²) in [6, 6.07) is 4.76. The first-order valence-electron chi connectivity index (χ1n) is 9.25. The van der Waals surface area contributed by atoms with Crippen LogP contribution in [0.4, 0.5) is 0 Å². The first-order valence-corrected chi connectivity index (χ1v) is 17.6. The molecule has 0 aromatic carbocycles. The number of carbonyl (C=O) groups is 1. The zero-order chi connectivity index (χ0) is 18.7. The van der Waals surface area contributed by atoms with Crippen LogP contribution in [0.1, 0.15) is 59.3 Å². The smallest absolute Gasteiger partial charge is 0.0662 e. The Hall–Kier alpha value is 0.0887. The predicted molar refractivity (Wildman–Crippen MR) is 110 cm³/mol. The van der Waals surface area contributed by atoms with E-state index in [0.29, 0.717) is 0 Å². The zero-order valence-corrected chi connectivity index (χ0v) is 19.6. The maximum atomic E-state index is 8.00. The van der Waals surface area contributed by atoms with E-state index < -0.39 is 18.4 Å². The summed E-state index contributed by atoms with van der Waals surface area (Å²) in [5.41, 5.74) is 0. The van der Waals surface area contributed by atoms with Gasteiger partial charge in [-0.2, -0.15) is 0 Å². The van der Waals surface area contributed by atoms with Gasteiger partial charge >= 0.3 is 123 Å². The Morgan fingerprint density at radius 3 is 1.58 bits per heavy atom. The Labute approximate surface area is 157 Å². The largest absolute Gasteiger partial charge is 0.394 e. The SMILES string of the molecule is C=O.CCC[CH2][Sn]([CH2]CCC)([CH2]CCC)[c]1cccs1.OCCO. The Kier molecular flexibility index (Phi) is 21.3. The number of aliphatic hydroxyl groups excluding tert-OH is 2. The molecule has 0 aliphatic carbocycles. The molecule has 0 atom stereocenters. The van der Waals surface area contributed by atoms with E-state index in [2.05, 4.69) is 49.6 Å². The molecule has 0 spiro atoms. The molecule has 3 nitrogen and oxygen atoms in total. The molecule has 0 fully saturated rings. The van der Waals surface area contributed by atoms with Crippen LogP contribution in [-0.4, -0.2) is 48.6 Å². The molecule has 142 valence electrons. The number of unbranched alkanes of at least 4 members (excludes halogenated alkanes) is 3. The minimum Gasteiger partial charge on any atom is -0.394 e. The normalized spacial score (nSPS) is 10.4. The van der Waals surface area contributed by atoms with Crippen LogP contribution in [0.15, 0.2) is 17.5 Å². The summed E-state index contributed by atoms with van der Waals surface area (Å²) >= 11 is 0.0608. The molecule has 0 amide bonds. The van der Waals surface area contributed by atoms with E-state index in [1.807, 2.05) is 9.68 Å². The van der Waals surface area contributed by atoms with Gasteiger partial charge in [0.2, 0.25) is 0 Å². The topological polar surface area (TPSA) is 57.5 Å². The van der Waals surface area contributed by atoms with E-state index in [1.165, 1.54) is 38.5 Å². The number of hydrogen-bond acceptors (Lipinski definition) is 4. The summed E-state index contributed by atoms with van der Waals surface area (Å²) in [5, 5.41) is 17.6. The van der Waals surface area contributed by atoms with Crippen molar-refractivity contribution in [2.45, 2.75) is 72.6 Å². The molecule has 1 heterocycles. The number of carbonyl (C=O) groups excluding carboxylic acids is 1. The van der Waals surface area contributed by atoms with E-state index >= 15 is 0 Å². The molecule has 0 aliphatic heterocycles. The van der Waals surface area contributed by atoms with Crippen molar-refractivity contribution >= 4 is 39.4 Å². The number of aliphatic hydroxyl groups is 2. The van der Waals surface area contributed by atoms with Gasteiger partial charge in [0, 0.05) is 0 Å². The van der Waals surface area contributed by atoms with Gasteiger partial charge in [0.25, 0.3) is 0 Å². The number of rotatable bonds is 11. The van der Waals surface area contributed by atoms with Crippen molar-refractivity contribution < 1.29 is 15.0 Å². The third kappa shape index (κ3) is 11.6. The van der Waals surface area contributed by atoms with Gasteiger partial charge < -0.3 is 15.0 Å². The molecule has 0 saturated carbocycles. The van der Waals surface area contributed by atoms with Gasteiger partial charge in [0.1, 0.15) is 6.79 Å². The molecule has 5 heteroatoms. The maximum Gasteiger partial charge on any atom is 0.0662 e. The van der Waals surface area contributed by atoms with Crippen molar-refractivity contribution in [3.63, 3.8) is 0 Å². The number of hydrogen-bond donors (Lipinski definition) is 2. The van der Waals surface area contributed by atoms with E-state index in [-0.39, 0.29) is 13.2 Å². The summed E-state index contributed by atoms with van der Waals surface area (Å²) in [6.07, 6.45) is 8.55. The molecule has 0 unspecified atom stereocenters. The van der Waals surface area contributed by atoms with Crippen LogP contribution in [0, 0.1) is 0 Å². The van der Waals surface area contributed by atoms with Crippen LogP contribution < -0.4 is 2.89 Å². The molecule has 1 aromatic heterocycles. The van der Waals surface area contributed by atoms with Crippen LogP contribution in [0.3, 0.4) is 0 Å². The minimum atomic E-state index is -2.01. The molecule has 2 N–H and O–H groups in total. The molecule has 0 aliphatic rings. The molecular formula is C19H38O3SSn. The molecule has 0 radical (unpaired) electrons. The Bertz CT molecular complexity index is 321. The number of thiophene rings is 1. The summed E-state index contributed by atoms with van der Waals surface area (Å²) < 4.78 is 6.67. The third-order valence-corrected chi connectivity index (χ3v) is 23.4. The summed E-state index contributed by atoms with van der Waals surface area (Å²) in [7, 11) is 0. The monoisotopic (exact) mass is 466 g/mol. The molecule has 0 bridgehead atoms. The van der Waals surface area contributed by atoms with E-state index in [4.69, 9.17) is 15.0 Å². The van der Waals surface area contributed by atoms with Gasteiger partial charge in [-0.25, -0.2) is 0 Å². The molecule has 1 rings (SSSR count). The fraction of sp³-hybridized carbons (Fsp3) is 0.737. The van der Waals surface area contributed by atoms with Crippen molar-refractivity contribution in [3.8, 4) is 0 Å². The molecular weight excluding hydrogens is 427 g/mol. The Morgan fingerprint density at radius 1 is 0.917 bits per heavy atom. The predicted octanol–water partition coefficient (Wildman–Crippen LogP) is 4.59. The van der Waals surface area contributed by atoms with Crippen LogP contribution in [-0.2, 0) is 4.79 Å². The first-order chi connectivity index (χ1) is 11.7. The van der Waals surface area contributed by atoms with Gasteiger partial charge in [-0.1, -0.05) is 0 Å². The molecule has 24 heavy (non-hydrogen) atoms. The Balaban J connectivity index is 0. The average Bonchev–Trinajstić information content (AvgIpc) is 3.18. The van der Waals surface area contributed by atoms with Gasteiger partial charge in [0.15, 0.2) is 0 Å². The van der Waals surface area contributed by atoms with Crippen LogP contribution in [0.2, 0.25) is 13.3 Å². The van der Waals surface area contributed by atoms with Gasteiger partial charge in [0.05, 0.1) is 13.2 Å². The van der Waals surface area contributed by atoms with Crippen LogP contribution in [0.25, 0.3) is 0 Å². The average molecular weight is 465 g/mol. The fourth-order valence-corrected chi connectivity index (χ4v) is 22.7. The second-order valence-electron chi connectivity index (χ2n) is 6.02. The maximum absolute atomic E-state index is 8.00. The Morgan fingerprint density at radius 2 is 1.33 bits per heavy atom. The van der Waals surface area contributed by atoms with E-state index in [0.717, 1.165) is 0 Å². The zero-order valence-electron chi connectivity index (χ0n) is 15.9. The van der Waals surface area contributed by atoms with E-state index in [9.17, 15) is 0 Å². The van der Waals surface area contributed by atoms with Gasteiger partial charge in [-0.3, -0.25) is 0 Å². The standard InChI is InChI=1S/C4H3S.3C4H9.C2H6O2.CH2O.Sn/c1-2-4-5-3-1;3*1-3-4-2;3-1-2-4;1-2;/h1-3H;3*1,3-4H2,2H3;3-4H,1-2H2;1H2;. The van der Waals surface area contributed by atoms with Gasteiger partial charge in [-0.05, 0) is 0 Å². The first kappa shape index (κ1) is 26.3. The van der Waals surface area contributed by atoms with Crippen LogP contribution in [0.5, 0.6) is 0 Å². The second kappa shape index (κ2) is 19.4. The molecule has 0 saturated heterocycles. The van der Waals surface area contributed by atoms with Crippen molar-refractivity contribution in [1.82, 2.24) is 0 Å². The summed E-state index contributed by atoms with van der Waals surface area (Å²) in [4.78, 5) is 8.00. The van der Waals surface area contributed by atoms with E-state index in [1.54, 1.807) is 13.3 Å². The van der Waals surface area contributed by atoms with Crippen molar-refractivity contribution in [2.75, 3.05) is 13.2 Å². The second-order valence-corrected chi connectivity index (χ2v) is 21.1. The third-order valence-electron chi connectivity index (χ3n) is 4.17. The molecule has 1 aromatic rings. The van der Waals surface area contributed by atoms with Crippen molar-refractivity contribution in [2.24, 2.45) is 0 Å². The van der Waals surface area contributed by atoms with Crippen LogP contribution >= 0.6 is 11.3 Å². The van der Waals surface area contributed by atoms with Crippen molar-refractivity contribution in [3.05, 3.63) is 17.5 Å². The fourth-order valence-electron chi connectivity index (χ4n) is 2.87.